The van der Waals surface area contributed by atoms with Crippen molar-refractivity contribution >= 4 is 23.0 Å². The zero-order chi connectivity index (χ0) is 14.5. The van der Waals surface area contributed by atoms with Crippen LogP contribution in [-0.2, 0) is 0 Å². The standard InChI is InChI=1S/C16H19N3S/c1-11-5-4-6-15(12(11)2)19-16(20)18-13(3)14-7-9-17-10-8-14/h4-10,13H,1-3H3,(H2,18,19,20)/t13-/m0/s1. The fourth-order valence-electron chi connectivity index (χ4n) is 1.98. The van der Waals surface area contributed by atoms with Gasteiger partial charge in [-0.2, -0.15) is 0 Å². The predicted molar refractivity (Wildman–Crippen MR) is 87.9 cm³/mol. The van der Waals surface area contributed by atoms with Crippen LogP contribution in [0.1, 0.15) is 29.7 Å². The van der Waals surface area contributed by atoms with Gasteiger partial charge in [-0.15, -0.1) is 0 Å². The van der Waals surface area contributed by atoms with Crippen molar-refractivity contribution in [2.75, 3.05) is 5.32 Å². The summed E-state index contributed by atoms with van der Waals surface area (Å²) in [5, 5.41) is 7.17. The summed E-state index contributed by atoms with van der Waals surface area (Å²) in [5.41, 5.74) is 4.67. The number of aryl methyl sites for hydroxylation is 1. The topological polar surface area (TPSA) is 37.0 Å². The summed E-state index contributed by atoms with van der Waals surface area (Å²) >= 11 is 5.38. The third-order valence-electron chi connectivity index (χ3n) is 3.41. The average molecular weight is 285 g/mol. The van der Waals surface area contributed by atoms with E-state index in [2.05, 4.69) is 42.5 Å². The molecule has 3 nitrogen and oxygen atoms in total. The smallest absolute Gasteiger partial charge is 0.171 e. The van der Waals surface area contributed by atoms with Crippen LogP contribution in [0, 0.1) is 13.8 Å². The predicted octanol–water partition coefficient (Wildman–Crippen LogP) is 3.75. The van der Waals surface area contributed by atoms with Gasteiger partial charge >= 0.3 is 0 Å². The molecule has 0 unspecified atom stereocenters. The van der Waals surface area contributed by atoms with E-state index in [-0.39, 0.29) is 6.04 Å². The maximum Gasteiger partial charge on any atom is 0.171 e. The lowest BCUT2D eigenvalue weighted by Crippen LogP contribution is -2.31. The number of nitrogens with one attached hydrogen (secondary N) is 2. The van der Waals surface area contributed by atoms with Crippen LogP contribution in [0.15, 0.2) is 42.7 Å². The quantitative estimate of drug-likeness (QED) is 0.842. The minimum absolute atomic E-state index is 0.142. The molecule has 0 fully saturated rings. The van der Waals surface area contributed by atoms with Crippen LogP contribution in [0.5, 0.6) is 0 Å². The second kappa shape index (κ2) is 6.48. The minimum Gasteiger partial charge on any atom is -0.356 e. The highest BCUT2D eigenvalue weighted by Gasteiger charge is 2.08. The summed E-state index contributed by atoms with van der Waals surface area (Å²) in [6, 6.07) is 10.3. The van der Waals surface area contributed by atoms with Crippen LogP contribution in [0.3, 0.4) is 0 Å². The third kappa shape index (κ3) is 3.54. The first kappa shape index (κ1) is 14.5. The Hall–Kier alpha value is -1.94. The van der Waals surface area contributed by atoms with Crippen molar-refractivity contribution in [1.82, 2.24) is 10.3 Å². The molecule has 20 heavy (non-hydrogen) atoms. The molecule has 0 amide bonds. The molecule has 2 aromatic rings. The lowest BCUT2D eigenvalue weighted by molar-refractivity contribution is 0.721. The van der Waals surface area contributed by atoms with Crippen molar-refractivity contribution < 1.29 is 0 Å². The van der Waals surface area contributed by atoms with Gasteiger partial charge in [-0.05, 0) is 67.9 Å². The highest BCUT2D eigenvalue weighted by atomic mass is 32.1. The van der Waals surface area contributed by atoms with E-state index < -0.39 is 0 Å². The number of hydrogen-bond acceptors (Lipinski definition) is 2. The Bertz CT molecular complexity index is 596. The summed E-state index contributed by atoms with van der Waals surface area (Å²) < 4.78 is 0. The molecular weight excluding hydrogens is 266 g/mol. The van der Waals surface area contributed by atoms with Gasteiger partial charge < -0.3 is 10.6 Å². The van der Waals surface area contributed by atoms with Crippen LogP contribution in [0.4, 0.5) is 5.69 Å². The van der Waals surface area contributed by atoms with Gasteiger partial charge in [0.25, 0.3) is 0 Å². The SMILES string of the molecule is Cc1cccc(NC(=S)N[C@@H](C)c2ccncc2)c1C. The van der Waals surface area contributed by atoms with Gasteiger partial charge in [0.05, 0.1) is 6.04 Å². The van der Waals surface area contributed by atoms with E-state index in [1.54, 1.807) is 12.4 Å². The molecule has 0 bridgehead atoms. The van der Waals surface area contributed by atoms with Gasteiger partial charge in [0.15, 0.2) is 5.11 Å². The van der Waals surface area contributed by atoms with Gasteiger partial charge in [0.1, 0.15) is 0 Å². The highest BCUT2D eigenvalue weighted by molar-refractivity contribution is 7.80. The Balaban J connectivity index is 2.01. The molecule has 0 saturated heterocycles. The fraction of sp³-hybridized carbons (Fsp3) is 0.250. The summed E-state index contributed by atoms with van der Waals surface area (Å²) in [7, 11) is 0. The molecule has 0 aliphatic carbocycles. The van der Waals surface area contributed by atoms with Gasteiger partial charge in [-0.1, -0.05) is 12.1 Å². The van der Waals surface area contributed by atoms with Crippen molar-refractivity contribution in [1.29, 1.82) is 0 Å². The molecule has 0 aliphatic rings. The van der Waals surface area contributed by atoms with E-state index >= 15 is 0 Å². The van der Waals surface area contributed by atoms with Gasteiger partial charge in [-0.25, -0.2) is 0 Å². The van der Waals surface area contributed by atoms with E-state index in [0.717, 1.165) is 11.3 Å². The maximum atomic E-state index is 5.38. The lowest BCUT2D eigenvalue weighted by Gasteiger charge is -2.18. The summed E-state index contributed by atoms with van der Waals surface area (Å²) in [6.45, 7) is 6.26. The number of nitrogens with zero attached hydrogens (tertiary/aromatic N) is 1. The van der Waals surface area contributed by atoms with E-state index in [9.17, 15) is 0 Å². The summed E-state index contributed by atoms with van der Waals surface area (Å²) in [6.07, 6.45) is 3.57. The average Bonchev–Trinajstić information content (AvgIpc) is 2.45. The van der Waals surface area contributed by atoms with Gasteiger partial charge in [-0.3, -0.25) is 4.98 Å². The van der Waals surface area contributed by atoms with Crippen LogP contribution in [0.2, 0.25) is 0 Å². The Kier molecular flexibility index (Phi) is 4.69. The van der Waals surface area contributed by atoms with Crippen molar-refractivity contribution in [2.45, 2.75) is 26.8 Å². The first-order chi connectivity index (χ1) is 9.58. The number of hydrogen-bond donors (Lipinski definition) is 2. The van der Waals surface area contributed by atoms with E-state index in [1.165, 1.54) is 11.1 Å². The first-order valence-corrected chi connectivity index (χ1v) is 7.02. The fourth-order valence-corrected chi connectivity index (χ4v) is 2.26. The first-order valence-electron chi connectivity index (χ1n) is 6.61. The largest absolute Gasteiger partial charge is 0.356 e. The summed E-state index contributed by atoms with van der Waals surface area (Å²) in [5.74, 6) is 0. The number of benzene rings is 1. The van der Waals surface area contributed by atoms with Crippen molar-refractivity contribution in [3.05, 3.63) is 59.4 Å². The van der Waals surface area contributed by atoms with Crippen LogP contribution in [0.25, 0.3) is 0 Å². The molecule has 0 aliphatic heterocycles. The number of rotatable bonds is 3. The molecule has 1 aromatic carbocycles. The lowest BCUT2D eigenvalue weighted by atomic mass is 10.1. The maximum absolute atomic E-state index is 5.38. The summed E-state index contributed by atoms with van der Waals surface area (Å²) in [4.78, 5) is 4.02. The van der Waals surface area contributed by atoms with E-state index in [4.69, 9.17) is 12.2 Å². The third-order valence-corrected chi connectivity index (χ3v) is 3.63. The Labute approximate surface area is 125 Å². The number of pyridine rings is 1. The second-order valence-electron chi connectivity index (χ2n) is 4.85. The van der Waals surface area contributed by atoms with E-state index in [0.29, 0.717) is 5.11 Å². The van der Waals surface area contributed by atoms with Gasteiger partial charge in [0.2, 0.25) is 0 Å². The second-order valence-corrected chi connectivity index (χ2v) is 5.26. The molecule has 0 saturated carbocycles. The van der Waals surface area contributed by atoms with Gasteiger partial charge in [0, 0.05) is 18.1 Å². The Morgan fingerprint density at radius 1 is 1.15 bits per heavy atom. The van der Waals surface area contributed by atoms with Crippen LogP contribution < -0.4 is 10.6 Å². The number of thiocarbonyl (C=S) groups is 1. The molecule has 2 N–H and O–H groups in total. The highest BCUT2D eigenvalue weighted by Crippen LogP contribution is 2.18. The van der Waals surface area contributed by atoms with Crippen molar-refractivity contribution in [2.24, 2.45) is 0 Å². The molecule has 0 spiro atoms. The molecular formula is C16H19N3S. The molecule has 4 heteroatoms. The molecule has 1 heterocycles. The van der Waals surface area contributed by atoms with Crippen molar-refractivity contribution in [3.63, 3.8) is 0 Å². The Morgan fingerprint density at radius 3 is 2.55 bits per heavy atom. The zero-order valence-corrected chi connectivity index (χ0v) is 12.8. The Morgan fingerprint density at radius 2 is 1.85 bits per heavy atom. The van der Waals surface area contributed by atoms with Crippen LogP contribution >= 0.6 is 12.2 Å². The van der Waals surface area contributed by atoms with E-state index in [1.807, 2.05) is 24.3 Å². The normalized spacial score (nSPS) is 11.8. The number of aromatic nitrogens is 1. The van der Waals surface area contributed by atoms with Crippen LogP contribution in [-0.4, -0.2) is 10.1 Å². The minimum atomic E-state index is 0.142. The number of anilines is 1. The molecule has 1 atom stereocenters. The zero-order valence-electron chi connectivity index (χ0n) is 12.0. The van der Waals surface area contributed by atoms with Crippen molar-refractivity contribution in [3.8, 4) is 0 Å². The molecule has 2 rings (SSSR count). The molecule has 104 valence electrons. The monoisotopic (exact) mass is 285 g/mol. The molecule has 0 radical (unpaired) electrons. The molecule has 1 aromatic heterocycles.